The van der Waals surface area contributed by atoms with Gasteiger partial charge in [-0.05, 0) is 6.92 Å². The summed E-state index contributed by atoms with van der Waals surface area (Å²) in [7, 11) is -14.3. The van der Waals surface area contributed by atoms with E-state index in [-0.39, 0.29) is 40.9 Å². The van der Waals surface area contributed by atoms with Crippen molar-refractivity contribution in [1.29, 1.82) is 0 Å². The first kappa shape index (κ1) is 38.9. The molecule has 8 N–H and O–H groups in total. The molecule has 0 spiro atoms. The topological polar surface area (TPSA) is 359 Å². The molecule has 0 radical (unpaired) electrons. The Bertz CT molecular complexity index is 2350. The zero-order chi connectivity index (χ0) is 38.9. The van der Waals surface area contributed by atoms with Crippen molar-refractivity contribution in [2.45, 2.75) is 56.0 Å². The largest absolute Gasteiger partial charge is 0.490 e. The summed E-state index contributed by atoms with van der Waals surface area (Å²) < 4.78 is 88.3. The Hall–Kier alpha value is -3.33. The number of ether oxygens (including phenoxy) is 5. The van der Waals surface area contributed by atoms with Crippen LogP contribution in [0.1, 0.15) is 18.3 Å². The monoisotopic (exact) mass is 828 g/mol. The highest BCUT2D eigenvalue weighted by atomic mass is 31.3. The van der Waals surface area contributed by atoms with Crippen LogP contribution in [0.15, 0.2) is 22.2 Å². The number of aliphatic hydroxyl groups is 1. The molecule has 7 heterocycles. The van der Waals surface area contributed by atoms with Crippen LogP contribution in [0.25, 0.3) is 22.3 Å². The van der Waals surface area contributed by atoms with Gasteiger partial charge in [0.2, 0.25) is 18.5 Å². The summed E-state index contributed by atoms with van der Waals surface area (Å²) in [5.41, 5.74) is 4.89. The molecule has 30 heteroatoms. The molecular formula is C24H33N9O18P3+. The van der Waals surface area contributed by atoms with E-state index < -0.39 is 96.9 Å². The van der Waals surface area contributed by atoms with Gasteiger partial charge in [0.1, 0.15) is 43.1 Å². The highest BCUT2D eigenvalue weighted by Gasteiger charge is 2.55. The second-order valence-corrected chi connectivity index (χ2v) is 16.7. The van der Waals surface area contributed by atoms with Crippen molar-refractivity contribution in [2.75, 3.05) is 32.9 Å². The second-order valence-electron chi connectivity index (χ2n) is 12.1. The molecule has 54 heavy (non-hydrogen) atoms. The van der Waals surface area contributed by atoms with Crippen molar-refractivity contribution >= 4 is 51.7 Å². The zero-order valence-corrected chi connectivity index (χ0v) is 30.7. The molecule has 7 rings (SSSR count). The number of aliphatic hydroxyl groups excluding tert-OH is 1. The Balaban J connectivity index is 0.968. The Kier molecular flexibility index (Phi) is 10.3. The number of aryl methyl sites for hydroxylation is 2. The molecular weight excluding hydrogens is 795 g/mol. The molecule has 0 aromatic carbocycles. The van der Waals surface area contributed by atoms with Crippen molar-refractivity contribution in [3.63, 3.8) is 0 Å². The summed E-state index contributed by atoms with van der Waals surface area (Å²) in [5, 5.41) is 10.9. The number of methoxy groups -OCH3 is 1. The molecule has 5 unspecified atom stereocenters. The Labute approximate surface area is 300 Å². The Morgan fingerprint density at radius 1 is 0.926 bits per heavy atom. The Morgan fingerprint density at radius 3 is 2.26 bits per heavy atom. The van der Waals surface area contributed by atoms with Crippen molar-refractivity contribution in [3.8, 4) is 0 Å². The Morgan fingerprint density at radius 2 is 1.57 bits per heavy atom. The van der Waals surface area contributed by atoms with Gasteiger partial charge in [-0.1, -0.05) is 0 Å². The molecule has 27 nitrogen and oxygen atoms in total. The molecule has 296 valence electrons. The number of rotatable bonds is 13. The maximum absolute atomic E-state index is 12.7. The third kappa shape index (κ3) is 7.47. The molecule has 11 atom stereocenters. The standard InChI is InChI=1S/C24H32N9O18P3/c1-9-27-18-12(20(35)28-9)26-6-32(18)22-14(34)15(43-3)10(48-22)4-46-52(37,38)50-54(41,42)51-53(39,40)47-5-11-16-17(45-8-44-16)23(49-11)33-7-31(2)13-19(33)29-24(25)30-21(13)36/h6-7,10-11,14-17,22-23,34H,4-5,8H2,1-3H3,(H6-,25,27,28,29,30,35,36,37,38,39,40,41,42)/p+1/t10-,11-,14?,15+,16+,17?,22-,23-/m1/s1. The predicted octanol–water partition coefficient (Wildman–Crippen LogP) is -2.15. The molecule has 0 saturated carbocycles. The maximum Gasteiger partial charge on any atom is 0.490 e. The quantitative estimate of drug-likeness (QED) is 0.0558. The molecule has 0 bridgehead atoms. The minimum atomic E-state index is -5.90. The molecule has 4 aromatic heterocycles. The number of aromatic amines is 2. The number of phosphoric acid groups is 3. The van der Waals surface area contributed by atoms with E-state index in [1.54, 1.807) is 7.05 Å². The van der Waals surface area contributed by atoms with Crippen LogP contribution in [0.4, 0.5) is 5.95 Å². The molecule has 4 aromatic rings. The van der Waals surface area contributed by atoms with Gasteiger partial charge in [-0.2, -0.15) is 18.2 Å². The van der Waals surface area contributed by atoms with E-state index in [2.05, 4.69) is 33.5 Å². The van der Waals surface area contributed by atoms with Gasteiger partial charge in [-0.25, -0.2) is 28.2 Å². The molecule has 3 aliphatic heterocycles. The number of hydrogen-bond acceptors (Lipinski definition) is 19. The van der Waals surface area contributed by atoms with Crippen LogP contribution >= 0.6 is 23.5 Å². The fraction of sp³-hybridized carbons (Fsp3) is 0.583. The number of nitrogens with one attached hydrogen (secondary N) is 2. The van der Waals surface area contributed by atoms with Crippen LogP contribution in [0.5, 0.6) is 0 Å². The second kappa shape index (κ2) is 14.3. The lowest BCUT2D eigenvalue weighted by Gasteiger charge is -2.22. The number of aromatic nitrogens is 8. The summed E-state index contributed by atoms with van der Waals surface area (Å²) in [5.74, 6) is 0.0611. The van der Waals surface area contributed by atoms with Gasteiger partial charge in [-0.15, -0.1) is 0 Å². The van der Waals surface area contributed by atoms with Gasteiger partial charge in [-0.3, -0.25) is 28.2 Å². The minimum absolute atomic E-state index is 0.0505. The number of nitrogen functional groups attached to an aromatic ring is 1. The fourth-order valence-electron chi connectivity index (χ4n) is 6.35. The average Bonchev–Trinajstić information content (AvgIpc) is 3.87. The smallest absolute Gasteiger partial charge is 0.386 e. The minimum Gasteiger partial charge on any atom is -0.386 e. The summed E-state index contributed by atoms with van der Waals surface area (Å²) in [6.07, 6.45) is -6.59. The normalized spacial score (nSPS) is 30.4. The third-order valence-corrected chi connectivity index (χ3v) is 12.7. The SMILES string of the molecule is CO[C@@H]1C(O)[C@H](n2cnc3c(=O)[nH]c(C)nc32)O[C@@H]1COP(=O)(O)OP(=O)(O)OP(=O)(O)OC[C@H]1O[C@@H](n2c[n+](C)c3c(=O)[nH]c(N)nc32)C2OCO[C@H]21. The number of phosphoric ester groups is 2. The number of nitrogens with zero attached hydrogens (tertiary/aromatic N) is 6. The first-order chi connectivity index (χ1) is 25.4. The molecule has 3 saturated heterocycles. The summed E-state index contributed by atoms with van der Waals surface area (Å²) in [6, 6.07) is 0. The van der Waals surface area contributed by atoms with Crippen molar-refractivity contribution in [2.24, 2.45) is 7.05 Å². The van der Waals surface area contributed by atoms with E-state index in [1.807, 2.05) is 0 Å². The lowest BCUT2D eigenvalue weighted by atomic mass is 10.1. The highest BCUT2D eigenvalue weighted by molar-refractivity contribution is 7.66. The van der Waals surface area contributed by atoms with E-state index in [1.165, 1.54) is 40.4 Å². The number of H-pyrrole nitrogens is 2. The summed E-state index contributed by atoms with van der Waals surface area (Å²) >= 11 is 0. The summed E-state index contributed by atoms with van der Waals surface area (Å²) in [4.78, 5) is 72.5. The van der Waals surface area contributed by atoms with Crippen LogP contribution in [0.2, 0.25) is 0 Å². The van der Waals surface area contributed by atoms with Crippen molar-refractivity contribution < 1.29 is 79.4 Å². The number of fused-ring (bicyclic) bond motifs is 3. The van der Waals surface area contributed by atoms with E-state index in [0.29, 0.717) is 0 Å². The fourth-order valence-corrected chi connectivity index (χ4v) is 9.87. The van der Waals surface area contributed by atoms with Crippen molar-refractivity contribution in [3.05, 3.63) is 39.2 Å². The molecule has 0 aliphatic carbocycles. The zero-order valence-electron chi connectivity index (χ0n) is 28.0. The van der Waals surface area contributed by atoms with Crippen LogP contribution in [0, 0.1) is 6.92 Å². The molecule has 3 aliphatic rings. The van der Waals surface area contributed by atoms with Gasteiger partial charge in [0.15, 0.2) is 23.5 Å². The first-order valence-electron chi connectivity index (χ1n) is 15.5. The van der Waals surface area contributed by atoms with Crippen LogP contribution in [0.3, 0.4) is 0 Å². The number of anilines is 1. The number of imidazole rings is 2. The highest BCUT2D eigenvalue weighted by Crippen LogP contribution is 2.68. The van der Waals surface area contributed by atoms with Crippen LogP contribution in [-0.2, 0) is 62.1 Å². The van der Waals surface area contributed by atoms with Gasteiger partial charge in [0.25, 0.3) is 16.7 Å². The van der Waals surface area contributed by atoms with E-state index in [0.717, 1.165) is 0 Å². The number of hydrogen-bond donors (Lipinski definition) is 7. The first-order valence-corrected chi connectivity index (χ1v) is 20.0. The van der Waals surface area contributed by atoms with Crippen molar-refractivity contribution in [1.82, 2.24) is 34.1 Å². The molecule has 0 amide bonds. The number of nitrogens with two attached hydrogens (primary N) is 1. The summed E-state index contributed by atoms with van der Waals surface area (Å²) in [6.45, 7) is -0.394. The van der Waals surface area contributed by atoms with Gasteiger partial charge < -0.3 is 54.2 Å². The van der Waals surface area contributed by atoms with Gasteiger partial charge in [0.05, 0.1) is 26.6 Å². The third-order valence-electron chi connectivity index (χ3n) is 8.49. The van der Waals surface area contributed by atoms with Gasteiger partial charge in [0, 0.05) is 7.11 Å². The van der Waals surface area contributed by atoms with E-state index >= 15 is 0 Å². The van der Waals surface area contributed by atoms with Gasteiger partial charge >= 0.3 is 29.0 Å². The molecule has 3 fully saturated rings. The lowest BCUT2D eigenvalue weighted by molar-refractivity contribution is -0.646. The predicted molar refractivity (Wildman–Crippen MR) is 172 cm³/mol. The van der Waals surface area contributed by atoms with Crippen LogP contribution < -0.4 is 21.4 Å². The van der Waals surface area contributed by atoms with Crippen LogP contribution in [-0.4, -0.2) is 118 Å². The lowest BCUT2D eigenvalue weighted by Crippen LogP contribution is -2.35. The van der Waals surface area contributed by atoms with E-state index in [4.69, 9.17) is 38.5 Å². The van der Waals surface area contributed by atoms with E-state index in [9.17, 15) is 43.1 Å². The average molecular weight is 828 g/mol. The maximum atomic E-state index is 12.7.